The molecule has 0 unspecified atom stereocenters. The lowest BCUT2D eigenvalue weighted by molar-refractivity contribution is 0.610. The maximum absolute atomic E-state index is 13.6. The molecule has 0 amide bonds. The molecular weight excluding hydrogens is 426 g/mol. The van der Waals surface area contributed by atoms with Crippen LogP contribution < -0.4 is 10.6 Å². The van der Waals surface area contributed by atoms with Crippen LogP contribution in [0.15, 0.2) is 34.6 Å². The van der Waals surface area contributed by atoms with Crippen LogP contribution in [0.2, 0.25) is 0 Å². The highest BCUT2D eigenvalue weighted by atomic mass is 127. The molecule has 2 N–H and O–H groups in total. The van der Waals surface area contributed by atoms with E-state index in [-0.39, 0.29) is 29.8 Å². The van der Waals surface area contributed by atoms with E-state index in [1.54, 1.807) is 23.5 Å². The van der Waals surface area contributed by atoms with Gasteiger partial charge >= 0.3 is 0 Å². The molecule has 0 fully saturated rings. The van der Waals surface area contributed by atoms with Crippen molar-refractivity contribution in [3.8, 4) is 0 Å². The molecule has 0 radical (unpaired) electrons. The minimum atomic E-state index is -0.222. The van der Waals surface area contributed by atoms with Gasteiger partial charge in [0.2, 0.25) is 0 Å². The van der Waals surface area contributed by atoms with Crippen LogP contribution in [0.4, 0.5) is 4.39 Å². The van der Waals surface area contributed by atoms with E-state index < -0.39 is 0 Å². The summed E-state index contributed by atoms with van der Waals surface area (Å²) in [6.45, 7) is 5.83. The molecule has 4 nitrogen and oxygen atoms in total. The lowest BCUT2D eigenvalue weighted by Crippen LogP contribution is -2.38. The van der Waals surface area contributed by atoms with Gasteiger partial charge in [-0.05, 0) is 19.9 Å². The Morgan fingerprint density at radius 1 is 1.30 bits per heavy atom. The standard InChI is InChI=1S/C16H21FN4S.HI/c1-3-18-16(19-9-8-14-11-22-12(2)21-14)20-10-13-6-4-5-7-15(13)17;/h4-7,11H,3,8-10H2,1-2H3,(H2,18,19,20);1H. The summed E-state index contributed by atoms with van der Waals surface area (Å²) < 4.78 is 13.6. The topological polar surface area (TPSA) is 49.3 Å². The Morgan fingerprint density at radius 3 is 2.74 bits per heavy atom. The molecule has 0 aliphatic rings. The summed E-state index contributed by atoms with van der Waals surface area (Å²) in [6, 6.07) is 6.71. The van der Waals surface area contributed by atoms with Crippen molar-refractivity contribution in [3.63, 3.8) is 0 Å². The first-order chi connectivity index (χ1) is 10.7. The number of nitrogens with zero attached hydrogens (tertiary/aromatic N) is 2. The molecule has 0 atom stereocenters. The summed E-state index contributed by atoms with van der Waals surface area (Å²) >= 11 is 1.66. The molecular formula is C16H22FIN4S. The van der Waals surface area contributed by atoms with Crippen molar-refractivity contribution in [3.05, 3.63) is 51.7 Å². The van der Waals surface area contributed by atoms with E-state index in [0.717, 1.165) is 30.2 Å². The molecule has 1 aromatic carbocycles. The van der Waals surface area contributed by atoms with E-state index >= 15 is 0 Å². The molecule has 0 spiro atoms. The fourth-order valence-corrected chi connectivity index (χ4v) is 2.61. The van der Waals surface area contributed by atoms with Crippen LogP contribution in [0, 0.1) is 12.7 Å². The van der Waals surface area contributed by atoms with Gasteiger partial charge in [0, 0.05) is 30.5 Å². The van der Waals surface area contributed by atoms with Gasteiger partial charge in [-0.25, -0.2) is 14.4 Å². The summed E-state index contributed by atoms with van der Waals surface area (Å²) in [5.41, 5.74) is 1.68. The predicted octanol–water partition coefficient (Wildman–Crippen LogP) is 3.51. The number of hydrogen-bond acceptors (Lipinski definition) is 3. The highest BCUT2D eigenvalue weighted by molar-refractivity contribution is 14.0. The zero-order chi connectivity index (χ0) is 15.8. The van der Waals surface area contributed by atoms with Crippen LogP contribution in [0.25, 0.3) is 0 Å². The Labute approximate surface area is 157 Å². The molecule has 0 bridgehead atoms. The summed E-state index contributed by atoms with van der Waals surface area (Å²) in [4.78, 5) is 8.84. The van der Waals surface area contributed by atoms with Gasteiger partial charge in [-0.2, -0.15) is 0 Å². The van der Waals surface area contributed by atoms with Crippen molar-refractivity contribution in [1.29, 1.82) is 0 Å². The first-order valence-corrected chi connectivity index (χ1v) is 8.23. The average Bonchev–Trinajstić information content (AvgIpc) is 2.92. The van der Waals surface area contributed by atoms with E-state index in [9.17, 15) is 4.39 Å². The van der Waals surface area contributed by atoms with Crippen molar-refractivity contribution in [1.82, 2.24) is 15.6 Å². The van der Waals surface area contributed by atoms with Crippen LogP contribution in [0.5, 0.6) is 0 Å². The number of halogens is 2. The zero-order valence-electron chi connectivity index (χ0n) is 13.3. The maximum atomic E-state index is 13.6. The minimum Gasteiger partial charge on any atom is -0.357 e. The van der Waals surface area contributed by atoms with Crippen LogP contribution in [-0.2, 0) is 13.0 Å². The first-order valence-electron chi connectivity index (χ1n) is 7.35. The molecule has 2 aromatic rings. The summed E-state index contributed by atoms with van der Waals surface area (Å²) in [7, 11) is 0. The second kappa shape index (κ2) is 10.5. The highest BCUT2D eigenvalue weighted by Gasteiger charge is 2.02. The molecule has 0 aliphatic heterocycles. The molecule has 126 valence electrons. The van der Waals surface area contributed by atoms with E-state index in [4.69, 9.17) is 0 Å². The van der Waals surface area contributed by atoms with Gasteiger partial charge in [-0.1, -0.05) is 18.2 Å². The third kappa shape index (κ3) is 6.82. The van der Waals surface area contributed by atoms with Gasteiger partial charge in [-0.15, -0.1) is 35.3 Å². The fraction of sp³-hybridized carbons (Fsp3) is 0.375. The van der Waals surface area contributed by atoms with Gasteiger partial charge < -0.3 is 10.6 Å². The molecule has 23 heavy (non-hydrogen) atoms. The number of rotatable bonds is 6. The molecule has 1 heterocycles. The largest absolute Gasteiger partial charge is 0.357 e. The molecule has 7 heteroatoms. The summed E-state index contributed by atoms with van der Waals surface area (Å²) in [5.74, 6) is 0.470. The van der Waals surface area contributed by atoms with E-state index in [0.29, 0.717) is 18.1 Å². The Morgan fingerprint density at radius 2 is 2.09 bits per heavy atom. The van der Waals surface area contributed by atoms with Gasteiger partial charge in [-0.3, -0.25) is 0 Å². The number of aromatic nitrogens is 1. The minimum absolute atomic E-state index is 0. The van der Waals surface area contributed by atoms with Crippen molar-refractivity contribution in [2.75, 3.05) is 13.1 Å². The molecule has 0 saturated heterocycles. The van der Waals surface area contributed by atoms with E-state index in [1.807, 2.05) is 19.9 Å². The smallest absolute Gasteiger partial charge is 0.191 e. The van der Waals surface area contributed by atoms with Crippen LogP contribution >= 0.6 is 35.3 Å². The van der Waals surface area contributed by atoms with Gasteiger partial charge in [0.15, 0.2) is 5.96 Å². The van der Waals surface area contributed by atoms with E-state index in [2.05, 4.69) is 26.0 Å². The van der Waals surface area contributed by atoms with Crippen molar-refractivity contribution >= 4 is 41.3 Å². The van der Waals surface area contributed by atoms with Crippen LogP contribution in [-0.4, -0.2) is 24.0 Å². The van der Waals surface area contributed by atoms with Crippen molar-refractivity contribution < 1.29 is 4.39 Å². The quantitative estimate of drug-likeness (QED) is 0.404. The Kier molecular flexibility index (Phi) is 9.08. The van der Waals surface area contributed by atoms with Crippen molar-refractivity contribution in [2.45, 2.75) is 26.8 Å². The highest BCUT2D eigenvalue weighted by Crippen LogP contribution is 2.08. The molecule has 0 aliphatic carbocycles. The molecule has 2 rings (SSSR count). The normalized spacial score (nSPS) is 11.0. The molecule has 0 saturated carbocycles. The van der Waals surface area contributed by atoms with Crippen LogP contribution in [0.1, 0.15) is 23.2 Å². The average molecular weight is 448 g/mol. The Bertz CT molecular complexity index is 630. The third-order valence-corrected chi connectivity index (χ3v) is 3.87. The van der Waals surface area contributed by atoms with Gasteiger partial charge in [0.1, 0.15) is 5.82 Å². The van der Waals surface area contributed by atoms with E-state index in [1.165, 1.54) is 6.07 Å². The number of thiazole rings is 1. The second-order valence-electron chi connectivity index (χ2n) is 4.82. The predicted molar refractivity (Wildman–Crippen MR) is 105 cm³/mol. The monoisotopic (exact) mass is 448 g/mol. The first kappa shape index (κ1) is 19.8. The number of aryl methyl sites for hydroxylation is 1. The number of nitrogens with one attached hydrogen (secondary N) is 2. The zero-order valence-corrected chi connectivity index (χ0v) is 16.5. The Balaban J connectivity index is 0.00000264. The summed E-state index contributed by atoms with van der Waals surface area (Å²) in [6.07, 6.45) is 0.842. The lowest BCUT2D eigenvalue weighted by atomic mass is 10.2. The Hall–Kier alpha value is -1.22. The lowest BCUT2D eigenvalue weighted by Gasteiger charge is -2.10. The fourth-order valence-electron chi connectivity index (χ4n) is 1.96. The summed E-state index contributed by atoms with van der Waals surface area (Å²) in [5, 5.41) is 9.56. The number of aliphatic imine (C=N–C) groups is 1. The number of guanidine groups is 1. The van der Waals surface area contributed by atoms with Crippen molar-refractivity contribution in [2.24, 2.45) is 4.99 Å². The third-order valence-electron chi connectivity index (χ3n) is 3.05. The van der Waals surface area contributed by atoms with Gasteiger partial charge in [0.05, 0.1) is 17.2 Å². The SMILES string of the molecule is CCNC(=NCc1ccccc1F)NCCc1csc(C)n1.I. The maximum Gasteiger partial charge on any atom is 0.191 e. The van der Waals surface area contributed by atoms with Crippen LogP contribution in [0.3, 0.4) is 0 Å². The van der Waals surface area contributed by atoms with Gasteiger partial charge in [0.25, 0.3) is 0 Å². The second-order valence-corrected chi connectivity index (χ2v) is 5.88. The number of hydrogen-bond donors (Lipinski definition) is 2. The number of benzene rings is 1. The molecule has 1 aromatic heterocycles.